The average molecular weight is 209 g/mol. The molecule has 0 aliphatic carbocycles. The van der Waals surface area contributed by atoms with Gasteiger partial charge in [0.05, 0.1) is 7.11 Å². The van der Waals surface area contributed by atoms with E-state index in [2.05, 4.69) is 5.32 Å². The highest BCUT2D eigenvalue weighted by Gasteiger charge is 2.01. The van der Waals surface area contributed by atoms with Gasteiger partial charge < -0.3 is 10.1 Å². The van der Waals surface area contributed by atoms with Gasteiger partial charge in [-0.25, -0.2) is 4.39 Å². The van der Waals surface area contributed by atoms with Crippen molar-refractivity contribution in [1.82, 2.24) is 5.32 Å². The molecule has 0 amide bonds. The van der Waals surface area contributed by atoms with E-state index in [0.717, 1.165) is 17.7 Å². The number of nitrogens with one attached hydrogen (secondary N) is 1. The summed E-state index contributed by atoms with van der Waals surface area (Å²) in [7, 11) is 3.34. The van der Waals surface area contributed by atoms with Crippen LogP contribution in [0.1, 0.15) is 12.5 Å². The van der Waals surface area contributed by atoms with Crippen molar-refractivity contribution in [1.29, 1.82) is 0 Å². The van der Waals surface area contributed by atoms with E-state index in [0.29, 0.717) is 0 Å². The summed E-state index contributed by atoms with van der Waals surface area (Å²) >= 11 is 0. The molecular formula is C12H16FNO. The summed E-state index contributed by atoms with van der Waals surface area (Å²) in [6, 6.07) is 4.94. The minimum Gasteiger partial charge on any atom is -0.494 e. The Balaban J connectivity index is 2.88. The maximum Gasteiger partial charge on any atom is 0.165 e. The maximum absolute atomic E-state index is 13.3. The highest BCUT2D eigenvalue weighted by Crippen LogP contribution is 2.19. The molecular weight excluding hydrogens is 193 g/mol. The molecule has 0 saturated heterocycles. The fourth-order valence-electron chi connectivity index (χ4n) is 1.39. The van der Waals surface area contributed by atoms with Crippen LogP contribution >= 0.6 is 0 Å². The van der Waals surface area contributed by atoms with Gasteiger partial charge in [0.15, 0.2) is 11.6 Å². The van der Waals surface area contributed by atoms with Gasteiger partial charge in [0.25, 0.3) is 0 Å². The zero-order valence-electron chi connectivity index (χ0n) is 9.30. The van der Waals surface area contributed by atoms with Gasteiger partial charge in [-0.15, -0.1) is 0 Å². The molecule has 82 valence electrons. The van der Waals surface area contributed by atoms with E-state index >= 15 is 0 Å². The molecule has 1 aromatic rings. The Morgan fingerprint density at radius 1 is 1.53 bits per heavy atom. The van der Waals surface area contributed by atoms with Crippen LogP contribution in [0.2, 0.25) is 0 Å². The molecule has 0 aliphatic heterocycles. The Morgan fingerprint density at radius 2 is 2.27 bits per heavy atom. The standard InChI is InChI=1S/C12H16FNO/c1-9(8-14-2)6-10-4-5-12(15-3)11(13)7-10/h4-7,14H,8H2,1-3H3. The first-order valence-corrected chi connectivity index (χ1v) is 4.82. The minimum absolute atomic E-state index is 0.276. The molecule has 0 atom stereocenters. The van der Waals surface area contributed by atoms with Gasteiger partial charge in [0.1, 0.15) is 0 Å². The van der Waals surface area contributed by atoms with E-state index in [1.807, 2.05) is 26.1 Å². The molecule has 0 fully saturated rings. The fourth-order valence-corrected chi connectivity index (χ4v) is 1.39. The summed E-state index contributed by atoms with van der Waals surface area (Å²) < 4.78 is 18.2. The van der Waals surface area contributed by atoms with Gasteiger partial charge in [0.2, 0.25) is 0 Å². The summed E-state index contributed by atoms with van der Waals surface area (Å²) in [6.07, 6.45) is 1.94. The summed E-state index contributed by atoms with van der Waals surface area (Å²) in [5, 5.41) is 3.04. The SMILES string of the molecule is CNCC(C)=Cc1ccc(OC)c(F)c1. The molecule has 2 nitrogen and oxygen atoms in total. The first-order chi connectivity index (χ1) is 7.17. The number of hydrogen-bond donors (Lipinski definition) is 1. The van der Waals surface area contributed by atoms with Crippen LogP contribution in [-0.4, -0.2) is 20.7 Å². The van der Waals surface area contributed by atoms with Crippen molar-refractivity contribution in [2.45, 2.75) is 6.92 Å². The van der Waals surface area contributed by atoms with Gasteiger partial charge in [-0.3, -0.25) is 0 Å². The molecule has 0 spiro atoms. The predicted molar refractivity (Wildman–Crippen MR) is 60.5 cm³/mol. The van der Waals surface area contributed by atoms with Crippen LogP contribution in [0.4, 0.5) is 4.39 Å². The third kappa shape index (κ3) is 3.36. The molecule has 0 radical (unpaired) electrons. The smallest absolute Gasteiger partial charge is 0.165 e. The Bertz CT molecular complexity index is 361. The largest absolute Gasteiger partial charge is 0.494 e. The lowest BCUT2D eigenvalue weighted by Gasteiger charge is -2.03. The van der Waals surface area contributed by atoms with Crippen molar-refractivity contribution in [2.75, 3.05) is 20.7 Å². The van der Waals surface area contributed by atoms with Crippen molar-refractivity contribution in [3.8, 4) is 5.75 Å². The molecule has 0 unspecified atom stereocenters. The van der Waals surface area contributed by atoms with Gasteiger partial charge in [-0.2, -0.15) is 0 Å². The van der Waals surface area contributed by atoms with Gasteiger partial charge in [-0.1, -0.05) is 17.7 Å². The number of methoxy groups -OCH3 is 1. The van der Waals surface area contributed by atoms with Crippen LogP contribution in [0, 0.1) is 5.82 Å². The third-order valence-electron chi connectivity index (χ3n) is 2.04. The Kier molecular flexibility index (Phi) is 4.31. The van der Waals surface area contributed by atoms with Crippen molar-refractivity contribution >= 4 is 6.08 Å². The van der Waals surface area contributed by atoms with Crippen LogP contribution in [0.3, 0.4) is 0 Å². The molecule has 3 heteroatoms. The average Bonchev–Trinajstić information content (AvgIpc) is 2.18. The van der Waals surface area contributed by atoms with E-state index in [-0.39, 0.29) is 11.6 Å². The molecule has 0 bridgehead atoms. The quantitative estimate of drug-likeness (QED) is 0.822. The molecule has 0 aliphatic rings. The molecule has 15 heavy (non-hydrogen) atoms. The van der Waals surface area contributed by atoms with Crippen molar-refractivity contribution < 1.29 is 9.13 Å². The van der Waals surface area contributed by atoms with Crippen LogP contribution in [0.5, 0.6) is 5.75 Å². The molecule has 1 rings (SSSR count). The van der Waals surface area contributed by atoms with Crippen molar-refractivity contribution in [2.24, 2.45) is 0 Å². The second kappa shape index (κ2) is 5.51. The molecule has 0 aromatic heterocycles. The third-order valence-corrected chi connectivity index (χ3v) is 2.04. The monoisotopic (exact) mass is 209 g/mol. The second-order valence-electron chi connectivity index (χ2n) is 3.42. The fraction of sp³-hybridized carbons (Fsp3) is 0.333. The van der Waals surface area contributed by atoms with E-state index in [1.54, 1.807) is 6.07 Å². The minimum atomic E-state index is -0.330. The van der Waals surface area contributed by atoms with Crippen LogP contribution in [0.15, 0.2) is 23.8 Å². The lowest BCUT2D eigenvalue weighted by atomic mass is 10.1. The Hall–Kier alpha value is -1.35. The van der Waals surface area contributed by atoms with E-state index in [9.17, 15) is 4.39 Å². The number of rotatable bonds is 4. The summed E-state index contributed by atoms with van der Waals surface area (Å²) in [6.45, 7) is 2.80. The first-order valence-electron chi connectivity index (χ1n) is 4.82. The van der Waals surface area contributed by atoms with E-state index in [4.69, 9.17) is 4.74 Å². The van der Waals surface area contributed by atoms with Gasteiger partial charge in [-0.05, 0) is 31.7 Å². The topological polar surface area (TPSA) is 21.3 Å². The lowest BCUT2D eigenvalue weighted by molar-refractivity contribution is 0.386. The number of ether oxygens (including phenoxy) is 1. The number of hydrogen-bond acceptors (Lipinski definition) is 2. The summed E-state index contributed by atoms with van der Waals surface area (Å²) in [5.41, 5.74) is 2.00. The van der Waals surface area contributed by atoms with Crippen molar-refractivity contribution in [3.05, 3.63) is 35.2 Å². The second-order valence-corrected chi connectivity index (χ2v) is 3.42. The maximum atomic E-state index is 13.3. The van der Waals surface area contributed by atoms with E-state index < -0.39 is 0 Å². The van der Waals surface area contributed by atoms with Gasteiger partial charge >= 0.3 is 0 Å². The summed E-state index contributed by atoms with van der Waals surface area (Å²) in [4.78, 5) is 0. The lowest BCUT2D eigenvalue weighted by Crippen LogP contribution is -2.08. The normalized spacial score (nSPS) is 11.6. The van der Waals surface area contributed by atoms with Crippen LogP contribution < -0.4 is 10.1 Å². The number of halogens is 1. The molecule has 0 heterocycles. The Labute approximate surface area is 89.8 Å². The van der Waals surface area contributed by atoms with Crippen LogP contribution in [0.25, 0.3) is 6.08 Å². The molecule has 1 aromatic carbocycles. The number of benzene rings is 1. The van der Waals surface area contributed by atoms with Crippen LogP contribution in [-0.2, 0) is 0 Å². The zero-order chi connectivity index (χ0) is 11.3. The molecule has 0 saturated carbocycles. The Morgan fingerprint density at radius 3 is 2.80 bits per heavy atom. The van der Waals surface area contributed by atoms with E-state index in [1.165, 1.54) is 13.2 Å². The van der Waals surface area contributed by atoms with Gasteiger partial charge in [0, 0.05) is 6.54 Å². The zero-order valence-corrected chi connectivity index (χ0v) is 9.30. The molecule has 1 N–H and O–H groups in total. The first kappa shape index (κ1) is 11.7. The number of likely N-dealkylation sites (N-methyl/N-ethyl adjacent to an activating group) is 1. The van der Waals surface area contributed by atoms with Crippen molar-refractivity contribution in [3.63, 3.8) is 0 Å². The predicted octanol–water partition coefficient (Wildman–Crippen LogP) is 2.46. The highest BCUT2D eigenvalue weighted by atomic mass is 19.1. The highest BCUT2D eigenvalue weighted by molar-refractivity contribution is 5.54. The summed E-state index contributed by atoms with van der Waals surface area (Å²) in [5.74, 6) is -0.0538.